The zero-order valence-electron chi connectivity index (χ0n) is 13.5. The molecule has 7 heteroatoms. The minimum atomic E-state index is -0.869. The van der Waals surface area contributed by atoms with Crippen LogP contribution in [0.15, 0.2) is 54.6 Å². The van der Waals surface area contributed by atoms with E-state index in [9.17, 15) is 4.79 Å². The van der Waals surface area contributed by atoms with Gasteiger partial charge in [0.2, 0.25) is 0 Å². The molecule has 7 nitrogen and oxygen atoms in total. The second kappa shape index (κ2) is 6.72. The van der Waals surface area contributed by atoms with Gasteiger partial charge < -0.3 is 23.9 Å². The maximum Gasteiger partial charge on any atom is 0.337 e. The van der Waals surface area contributed by atoms with E-state index in [2.05, 4.69) is 0 Å². The fraction of sp³-hybridized carbons (Fsp3) is 0.278. The standard InChI is InChI=1S/C18H17NO6/c1-21-17(20)16-15(22-18(23-16)12-7-3-2-4-8-12)11-19-24-13-9-5-6-10-14(13)25-19/h2-10,15-16,18H,11H2,1H3. The molecular formula is C18H17NO6. The molecule has 2 aliphatic rings. The summed E-state index contributed by atoms with van der Waals surface area (Å²) in [6.07, 6.45) is -2.13. The van der Waals surface area contributed by atoms with E-state index in [0.29, 0.717) is 11.5 Å². The van der Waals surface area contributed by atoms with Gasteiger partial charge in [-0.25, -0.2) is 4.79 Å². The van der Waals surface area contributed by atoms with E-state index in [0.717, 1.165) is 5.56 Å². The summed E-state index contributed by atoms with van der Waals surface area (Å²) in [4.78, 5) is 23.3. The van der Waals surface area contributed by atoms with Crippen LogP contribution in [0.1, 0.15) is 11.9 Å². The van der Waals surface area contributed by atoms with Gasteiger partial charge in [-0.05, 0) is 12.1 Å². The summed E-state index contributed by atoms with van der Waals surface area (Å²) < 4.78 is 16.5. The van der Waals surface area contributed by atoms with Gasteiger partial charge in [0.1, 0.15) is 12.6 Å². The highest BCUT2D eigenvalue weighted by Gasteiger charge is 2.44. The molecule has 3 atom stereocenters. The zero-order valence-corrected chi connectivity index (χ0v) is 13.5. The minimum Gasteiger partial charge on any atom is -0.467 e. The molecule has 0 spiro atoms. The number of hydrogen-bond acceptors (Lipinski definition) is 7. The van der Waals surface area contributed by atoms with Crippen LogP contribution in [-0.4, -0.2) is 37.1 Å². The fourth-order valence-electron chi connectivity index (χ4n) is 2.77. The number of carbonyl (C=O) groups is 1. The Morgan fingerprint density at radius 1 is 1.00 bits per heavy atom. The minimum absolute atomic E-state index is 0.178. The van der Waals surface area contributed by atoms with Crippen LogP contribution in [0.5, 0.6) is 11.5 Å². The van der Waals surface area contributed by atoms with Gasteiger partial charge >= 0.3 is 5.97 Å². The Kier molecular flexibility index (Phi) is 4.27. The number of benzene rings is 2. The van der Waals surface area contributed by atoms with Crippen molar-refractivity contribution in [2.45, 2.75) is 18.5 Å². The molecule has 130 valence electrons. The highest BCUT2D eigenvalue weighted by Crippen LogP contribution is 2.36. The molecule has 1 saturated heterocycles. The Balaban J connectivity index is 1.48. The molecule has 25 heavy (non-hydrogen) atoms. The molecule has 1 fully saturated rings. The van der Waals surface area contributed by atoms with Crippen molar-refractivity contribution in [3.63, 3.8) is 0 Å². The summed E-state index contributed by atoms with van der Waals surface area (Å²) in [6.45, 7) is 0.178. The molecule has 0 aromatic heterocycles. The van der Waals surface area contributed by atoms with Crippen molar-refractivity contribution in [3.05, 3.63) is 60.2 Å². The van der Waals surface area contributed by atoms with E-state index in [1.165, 1.54) is 12.3 Å². The number of fused-ring (bicyclic) bond motifs is 1. The number of esters is 1. The third kappa shape index (κ3) is 3.17. The number of nitrogens with zero attached hydrogens (tertiary/aromatic N) is 1. The van der Waals surface area contributed by atoms with Crippen molar-refractivity contribution < 1.29 is 28.7 Å². The summed E-state index contributed by atoms with van der Waals surface area (Å²) in [5, 5.41) is 1.28. The quantitative estimate of drug-likeness (QED) is 0.789. The summed E-state index contributed by atoms with van der Waals surface area (Å²) in [5.74, 6) is 0.714. The number of hydrogen-bond donors (Lipinski definition) is 0. The van der Waals surface area contributed by atoms with Crippen molar-refractivity contribution in [1.82, 2.24) is 5.23 Å². The molecule has 2 aliphatic heterocycles. The highest BCUT2D eigenvalue weighted by molar-refractivity contribution is 5.75. The summed E-state index contributed by atoms with van der Waals surface area (Å²) in [7, 11) is 1.32. The molecule has 0 radical (unpaired) electrons. The molecule has 0 saturated carbocycles. The van der Waals surface area contributed by atoms with Crippen molar-refractivity contribution in [2.24, 2.45) is 0 Å². The van der Waals surface area contributed by atoms with E-state index < -0.39 is 24.5 Å². The van der Waals surface area contributed by atoms with Gasteiger partial charge in [0.05, 0.1) is 7.11 Å². The predicted molar refractivity (Wildman–Crippen MR) is 85.3 cm³/mol. The third-order valence-corrected chi connectivity index (χ3v) is 3.99. The molecule has 0 bridgehead atoms. The molecule has 2 aromatic carbocycles. The lowest BCUT2D eigenvalue weighted by atomic mass is 10.2. The maximum absolute atomic E-state index is 12.1. The third-order valence-electron chi connectivity index (χ3n) is 3.99. The number of hydroxylamine groups is 2. The Bertz CT molecular complexity index is 727. The largest absolute Gasteiger partial charge is 0.467 e. The number of carbonyl (C=O) groups excluding carboxylic acids is 1. The van der Waals surface area contributed by atoms with E-state index in [1.54, 1.807) is 12.1 Å². The van der Waals surface area contributed by atoms with Gasteiger partial charge in [-0.1, -0.05) is 42.5 Å². The van der Waals surface area contributed by atoms with Crippen LogP contribution in [0.25, 0.3) is 0 Å². The lowest BCUT2D eigenvalue weighted by Gasteiger charge is -2.19. The molecule has 4 rings (SSSR count). The van der Waals surface area contributed by atoms with Gasteiger partial charge in [0.15, 0.2) is 23.9 Å². The Labute approximate surface area is 144 Å². The van der Waals surface area contributed by atoms with Crippen LogP contribution >= 0.6 is 0 Å². The lowest BCUT2D eigenvalue weighted by Crippen LogP contribution is -2.42. The van der Waals surface area contributed by atoms with Crippen LogP contribution < -0.4 is 9.68 Å². The van der Waals surface area contributed by atoms with Crippen LogP contribution in [0.4, 0.5) is 0 Å². The first-order valence-electron chi connectivity index (χ1n) is 7.91. The normalized spacial score (nSPS) is 25.1. The van der Waals surface area contributed by atoms with E-state index >= 15 is 0 Å². The zero-order chi connectivity index (χ0) is 17.2. The average Bonchev–Trinajstić information content (AvgIpc) is 3.25. The van der Waals surface area contributed by atoms with Crippen LogP contribution in [0, 0.1) is 0 Å². The summed E-state index contributed by atoms with van der Waals surface area (Å²) in [5.41, 5.74) is 0.824. The van der Waals surface area contributed by atoms with Crippen molar-refractivity contribution in [2.75, 3.05) is 13.7 Å². The second-order valence-corrected chi connectivity index (χ2v) is 5.64. The van der Waals surface area contributed by atoms with Gasteiger partial charge in [-0.3, -0.25) is 0 Å². The fourth-order valence-corrected chi connectivity index (χ4v) is 2.77. The first-order chi connectivity index (χ1) is 12.2. The van der Waals surface area contributed by atoms with Gasteiger partial charge in [-0.15, -0.1) is 0 Å². The lowest BCUT2D eigenvalue weighted by molar-refractivity contribution is -0.240. The molecular weight excluding hydrogens is 326 g/mol. The summed E-state index contributed by atoms with van der Waals surface area (Å²) >= 11 is 0. The highest BCUT2D eigenvalue weighted by atomic mass is 17.0. The van der Waals surface area contributed by atoms with Crippen LogP contribution in [0.2, 0.25) is 0 Å². The smallest absolute Gasteiger partial charge is 0.337 e. The summed E-state index contributed by atoms with van der Waals surface area (Å²) in [6, 6.07) is 16.7. The van der Waals surface area contributed by atoms with E-state index in [1.807, 2.05) is 42.5 Å². The van der Waals surface area contributed by atoms with Crippen LogP contribution in [-0.2, 0) is 19.0 Å². The Morgan fingerprint density at radius 2 is 1.64 bits per heavy atom. The Hall–Kier alpha value is -2.61. The van der Waals surface area contributed by atoms with E-state index in [-0.39, 0.29) is 6.54 Å². The molecule has 0 aliphatic carbocycles. The van der Waals surface area contributed by atoms with Gasteiger partial charge in [0, 0.05) is 10.8 Å². The Morgan fingerprint density at radius 3 is 2.28 bits per heavy atom. The second-order valence-electron chi connectivity index (χ2n) is 5.64. The monoisotopic (exact) mass is 343 g/mol. The number of para-hydroxylation sites is 2. The van der Waals surface area contributed by atoms with Crippen molar-refractivity contribution in [1.29, 1.82) is 0 Å². The molecule has 0 amide bonds. The van der Waals surface area contributed by atoms with Crippen LogP contribution in [0.3, 0.4) is 0 Å². The van der Waals surface area contributed by atoms with Crippen molar-refractivity contribution in [3.8, 4) is 11.5 Å². The van der Waals surface area contributed by atoms with Gasteiger partial charge in [0.25, 0.3) is 0 Å². The average molecular weight is 343 g/mol. The first-order valence-corrected chi connectivity index (χ1v) is 7.91. The number of ether oxygens (including phenoxy) is 3. The SMILES string of the molecule is COC(=O)C1OC(c2ccccc2)OC1CN1Oc2ccccc2O1. The number of methoxy groups -OCH3 is 1. The molecule has 2 heterocycles. The molecule has 3 unspecified atom stereocenters. The predicted octanol–water partition coefficient (Wildman–Crippen LogP) is 2.25. The van der Waals surface area contributed by atoms with Crippen molar-refractivity contribution >= 4 is 5.97 Å². The molecule has 0 N–H and O–H groups in total. The maximum atomic E-state index is 12.1. The van der Waals surface area contributed by atoms with Gasteiger partial charge in [-0.2, -0.15) is 0 Å². The number of rotatable bonds is 4. The van der Waals surface area contributed by atoms with E-state index in [4.69, 9.17) is 23.9 Å². The first kappa shape index (κ1) is 15.9. The topological polar surface area (TPSA) is 66.5 Å². The molecule has 2 aromatic rings.